The molecule has 1 aromatic carbocycles. The Labute approximate surface area is 213 Å². The van der Waals surface area contributed by atoms with E-state index in [0.717, 1.165) is 51.5 Å². The van der Waals surface area contributed by atoms with Crippen molar-refractivity contribution in [2.24, 2.45) is 0 Å². The third kappa shape index (κ3) is 4.53. The zero-order valence-electron chi connectivity index (χ0n) is 20.3. The number of imide groups is 1. The lowest BCUT2D eigenvalue weighted by molar-refractivity contribution is -0.125. The van der Waals surface area contributed by atoms with Crippen molar-refractivity contribution in [3.05, 3.63) is 45.6 Å². The predicted octanol–water partition coefficient (Wildman–Crippen LogP) is 3.90. The normalized spacial score (nSPS) is 21.5. The zero-order chi connectivity index (χ0) is 24.9. The van der Waals surface area contributed by atoms with E-state index in [1.165, 1.54) is 26.7 Å². The fourth-order valence-electron chi connectivity index (χ4n) is 5.01. The smallest absolute Gasteiger partial charge is 0.318 e. The Hall–Kier alpha value is -2.59. The van der Waals surface area contributed by atoms with E-state index in [9.17, 15) is 9.59 Å². The van der Waals surface area contributed by atoms with Crippen LogP contribution in [-0.4, -0.2) is 75.4 Å². The Balaban J connectivity index is 1.55. The summed E-state index contributed by atoms with van der Waals surface area (Å²) in [6.45, 7) is 9.67. The third-order valence-corrected chi connectivity index (χ3v) is 8.29. The van der Waals surface area contributed by atoms with E-state index in [2.05, 4.69) is 36.0 Å². The van der Waals surface area contributed by atoms with Gasteiger partial charge in [-0.05, 0) is 50.1 Å². The second-order valence-corrected chi connectivity index (χ2v) is 11.1. The summed E-state index contributed by atoms with van der Waals surface area (Å²) in [7, 11) is 1.64. The second-order valence-electron chi connectivity index (χ2n) is 9.55. The summed E-state index contributed by atoms with van der Waals surface area (Å²) in [5.41, 5.74) is 4.97. The van der Waals surface area contributed by atoms with Gasteiger partial charge in [0, 0.05) is 54.2 Å². The molecule has 0 saturated carbocycles. The molecule has 3 aromatic rings. The maximum absolute atomic E-state index is 12.4. The van der Waals surface area contributed by atoms with E-state index in [4.69, 9.17) is 16.6 Å². The summed E-state index contributed by atoms with van der Waals surface area (Å²) in [5.74, 6) is -0.187. The Morgan fingerprint density at radius 1 is 1.11 bits per heavy atom. The number of carbonyl (C=O) groups is 2. The summed E-state index contributed by atoms with van der Waals surface area (Å²) >= 11 is 8.06. The number of nitrogens with zero attached hydrogens (tertiary/aromatic N) is 5. The van der Waals surface area contributed by atoms with Crippen LogP contribution in [-0.2, 0) is 17.9 Å². The molecule has 0 bridgehead atoms. The topological polar surface area (TPSA) is 81.7 Å². The van der Waals surface area contributed by atoms with Gasteiger partial charge in [0.05, 0.1) is 22.5 Å². The Morgan fingerprint density at radius 3 is 2.54 bits per heavy atom. The molecule has 0 spiro atoms. The average molecular weight is 513 g/mol. The number of carbonyl (C=O) groups excluding carboxylic acids is 2. The number of halogens is 1. The standard InChI is InChI=1S/C25H29ClN6O2S/c1-14-5-17(26)6-19(20(14)11-31-15(2)8-27-9-16(31)3)23-24-21(28-13-29-23)7-18(35-24)10-32-22(33)12-30(4)25(32)34/h5-7,13,15-16,27H,8-12H2,1-4H3/t15-,16?/m0/s1. The molecule has 2 fully saturated rings. The molecule has 4 heterocycles. The van der Waals surface area contributed by atoms with Gasteiger partial charge in [-0.15, -0.1) is 11.3 Å². The van der Waals surface area contributed by atoms with E-state index in [0.29, 0.717) is 17.1 Å². The highest BCUT2D eigenvalue weighted by Gasteiger charge is 2.34. The van der Waals surface area contributed by atoms with Crippen LogP contribution in [0.1, 0.15) is 29.9 Å². The number of aromatic nitrogens is 2. The first-order valence-electron chi connectivity index (χ1n) is 11.8. The largest absolute Gasteiger partial charge is 0.327 e. The van der Waals surface area contributed by atoms with Gasteiger partial charge in [-0.3, -0.25) is 14.6 Å². The lowest BCUT2D eigenvalue weighted by Crippen LogP contribution is -2.54. The van der Waals surface area contributed by atoms with Crippen LogP contribution in [0, 0.1) is 6.92 Å². The van der Waals surface area contributed by atoms with Gasteiger partial charge in [0.2, 0.25) is 0 Å². The van der Waals surface area contributed by atoms with Gasteiger partial charge < -0.3 is 10.2 Å². The van der Waals surface area contributed by atoms with Gasteiger partial charge >= 0.3 is 6.03 Å². The van der Waals surface area contributed by atoms with Crippen molar-refractivity contribution in [1.82, 2.24) is 30.0 Å². The van der Waals surface area contributed by atoms with E-state index >= 15 is 0 Å². The molecular weight excluding hydrogens is 484 g/mol. The second kappa shape index (κ2) is 9.46. The van der Waals surface area contributed by atoms with Crippen LogP contribution in [0.15, 0.2) is 24.5 Å². The molecule has 2 atom stereocenters. The molecule has 3 amide bonds. The van der Waals surface area contributed by atoms with Gasteiger partial charge in [-0.25, -0.2) is 14.8 Å². The molecule has 2 aliphatic heterocycles. The van der Waals surface area contributed by atoms with E-state index in [-0.39, 0.29) is 25.0 Å². The number of amides is 3. The van der Waals surface area contributed by atoms with Crippen LogP contribution in [0.3, 0.4) is 0 Å². The van der Waals surface area contributed by atoms with Crippen molar-refractivity contribution in [2.75, 3.05) is 26.7 Å². The number of fused-ring (bicyclic) bond motifs is 1. The number of likely N-dealkylation sites (N-methyl/N-ethyl adjacent to an activating group) is 1. The summed E-state index contributed by atoms with van der Waals surface area (Å²) in [5, 5.41) is 4.17. The molecule has 1 unspecified atom stereocenters. The highest BCUT2D eigenvalue weighted by atomic mass is 35.5. The maximum Gasteiger partial charge on any atom is 0.327 e. The van der Waals surface area contributed by atoms with Crippen molar-refractivity contribution < 1.29 is 9.59 Å². The average Bonchev–Trinajstić information content (AvgIpc) is 3.32. The Morgan fingerprint density at radius 2 is 1.86 bits per heavy atom. The molecule has 5 rings (SSSR count). The molecule has 0 radical (unpaired) electrons. The number of urea groups is 1. The fraction of sp³-hybridized carbons (Fsp3) is 0.440. The minimum Gasteiger partial charge on any atom is -0.318 e. The first-order chi connectivity index (χ1) is 16.7. The lowest BCUT2D eigenvalue weighted by Gasteiger charge is -2.40. The van der Waals surface area contributed by atoms with Gasteiger partial charge in [0.15, 0.2) is 0 Å². The number of hydrogen-bond acceptors (Lipinski definition) is 7. The monoisotopic (exact) mass is 512 g/mol. The van der Waals surface area contributed by atoms with Crippen molar-refractivity contribution in [1.29, 1.82) is 0 Å². The van der Waals surface area contributed by atoms with Crippen LogP contribution in [0.5, 0.6) is 0 Å². The molecule has 10 heteroatoms. The molecule has 1 N–H and O–H groups in total. The predicted molar refractivity (Wildman–Crippen MR) is 139 cm³/mol. The number of thiophene rings is 1. The minimum absolute atomic E-state index is 0.114. The van der Waals surface area contributed by atoms with Crippen molar-refractivity contribution in [3.63, 3.8) is 0 Å². The molecular formula is C25H29ClN6O2S. The van der Waals surface area contributed by atoms with Gasteiger partial charge in [-0.1, -0.05) is 11.6 Å². The van der Waals surface area contributed by atoms with Crippen LogP contribution < -0.4 is 5.32 Å². The molecule has 2 aromatic heterocycles. The first kappa shape index (κ1) is 24.1. The van der Waals surface area contributed by atoms with Crippen LogP contribution in [0.4, 0.5) is 4.79 Å². The SMILES string of the molecule is Cc1cc(Cl)cc(-c2ncnc3cc(CN4C(=O)CN(C)C4=O)sc23)c1CN1C(C)CNC[C@@H]1C. The number of piperazine rings is 1. The Bertz CT molecular complexity index is 1300. The number of hydrogen-bond donors (Lipinski definition) is 1. The highest BCUT2D eigenvalue weighted by Crippen LogP contribution is 2.38. The van der Waals surface area contributed by atoms with Crippen LogP contribution in [0.2, 0.25) is 5.02 Å². The molecule has 2 saturated heterocycles. The number of rotatable bonds is 5. The molecule has 35 heavy (non-hydrogen) atoms. The summed E-state index contributed by atoms with van der Waals surface area (Å²) in [6, 6.07) is 6.50. The summed E-state index contributed by atoms with van der Waals surface area (Å²) in [6.07, 6.45) is 1.57. The van der Waals surface area contributed by atoms with Gasteiger partial charge in [-0.2, -0.15) is 0 Å². The highest BCUT2D eigenvalue weighted by molar-refractivity contribution is 7.19. The quantitative estimate of drug-likeness (QED) is 0.522. The third-order valence-electron chi connectivity index (χ3n) is 6.95. The Kier molecular flexibility index (Phi) is 6.52. The van der Waals surface area contributed by atoms with Crippen LogP contribution >= 0.6 is 22.9 Å². The van der Waals surface area contributed by atoms with Crippen molar-refractivity contribution in [2.45, 2.75) is 45.9 Å². The van der Waals surface area contributed by atoms with Crippen LogP contribution in [0.25, 0.3) is 21.5 Å². The number of nitrogens with one attached hydrogen (secondary N) is 1. The number of aryl methyl sites for hydroxylation is 1. The molecule has 0 aliphatic carbocycles. The van der Waals surface area contributed by atoms with Gasteiger partial charge in [0.25, 0.3) is 5.91 Å². The van der Waals surface area contributed by atoms with E-state index in [1.54, 1.807) is 13.4 Å². The fourth-order valence-corrected chi connectivity index (χ4v) is 6.39. The first-order valence-corrected chi connectivity index (χ1v) is 13.0. The zero-order valence-corrected chi connectivity index (χ0v) is 21.9. The molecule has 8 nitrogen and oxygen atoms in total. The summed E-state index contributed by atoms with van der Waals surface area (Å²) < 4.78 is 0.930. The molecule has 2 aliphatic rings. The summed E-state index contributed by atoms with van der Waals surface area (Å²) in [4.78, 5) is 40.0. The molecule has 184 valence electrons. The lowest BCUT2D eigenvalue weighted by atomic mass is 9.96. The van der Waals surface area contributed by atoms with Crippen molar-refractivity contribution in [3.8, 4) is 11.3 Å². The van der Waals surface area contributed by atoms with E-state index in [1.807, 2.05) is 18.2 Å². The van der Waals surface area contributed by atoms with Crippen molar-refractivity contribution >= 4 is 45.1 Å². The van der Waals surface area contributed by atoms with Gasteiger partial charge in [0.1, 0.15) is 12.9 Å². The van der Waals surface area contributed by atoms with E-state index < -0.39 is 0 Å². The minimum atomic E-state index is -0.272. The maximum atomic E-state index is 12.4. The number of benzene rings is 1.